The Hall–Kier alpha value is -1.99. The number of carbonyl (C=O) groups is 1. The van der Waals surface area contributed by atoms with Crippen molar-refractivity contribution in [1.82, 2.24) is 20.1 Å². The zero-order valence-corrected chi connectivity index (χ0v) is 12.5. The van der Waals surface area contributed by atoms with Crippen LogP contribution in [0.25, 0.3) is 0 Å². The molecule has 1 amide bonds. The van der Waals surface area contributed by atoms with Crippen LogP contribution in [0.2, 0.25) is 5.02 Å². The predicted octanol–water partition coefficient (Wildman–Crippen LogP) is 2.20. The van der Waals surface area contributed by atoms with Crippen LogP contribution >= 0.6 is 11.6 Å². The molecule has 1 N–H and O–H groups in total. The summed E-state index contributed by atoms with van der Waals surface area (Å²) in [6.45, 7) is 0.411. The average molecular weight is 325 g/mol. The van der Waals surface area contributed by atoms with Gasteiger partial charge in [0.25, 0.3) is 5.91 Å². The Balaban J connectivity index is 1.92. The Morgan fingerprint density at radius 3 is 3.00 bits per heavy atom. The summed E-state index contributed by atoms with van der Waals surface area (Å²) in [5, 5.41) is 6.69. The van der Waals surface area contributed by atoms with E-state index in [1.165, 1.54) is 18.5 Å². The second-order valence-corrected chi connectivity index (χ2v) is 5.47. The first-order valence-electron chi connectivity index (χ1n) is 6.74. The van der Waals surface area contributed by atoms with E-state index in [0.717, 1.165) is 6.07 Å². The monoisotopic (exact) mass is 324 g/mol. The van der Waals surface area contributed by atoms with Crippen molar-refractivity contribution in [3.63, 3.8) is 0 Å². The van der Waals surface area contributed by atoms with Crippen molar-refractivity contribution < 1.29 is 13.9 Å². The summed E-state index contributed by atoms with van der Waals surface area (Å²) in [6, 6.07) is 3.45. The fourth-order valence-electron chi connectivity index (χ4n) is 2.64. The lowest BCUT2D eigenvalue weighted by Gasteiger charge is -2.23. The Morgan fingerprint density at radius 1 is 1.55 bits per heavy atom. The number of nitrogens with one attached hydrogen (secondary N) is 1. The summed E-state index contributed by atoms with van der Waals surface area (Å²) in [6.07, 6.45) is 1.90. The number of ether oxygens (including phenoxy) is 1. The maximum Gasteiger partial charge on any atom is 0.256 e. The first-order valence-corrected chi connectivity index (χ1v) is 7.12. The second kappa shape index (κ2) is 6.02. The third-order valence-corrected chi connectivity index (χ3v) is 4.08. The Kier molecular flexibility index (Phi) is 4.08. The number of likely N-dealkylation sites (tertiary alicyclic amines) is 1. The topological polar surface area (TPSA) is 71.1 Å². The van der Waals surface area contributed by atoms with Gasteiger partial charge in [0.1, 0.15) is 18.0 Å². The minimum atomic E-state index is -0.482. The third-order valence-electron chi connectivity index (χ3n) is 3.77. The molecule has 0 radical (unpaired) electrons. The molecule has 2 heterocycles. The minimum Gasteiger partial charge on any atom is -0.380 e. The first-order chi connectivity index (χ1) is 10.6. The van der Waals surface area contributed by atoms with Crippen LogP contribution in [-0.2, 0) is 4.74 Å². The van der Waals surface area contributed by atoms with Crippen molar-refractivity contribution >= 4 is 17.5 Å². The van der Waals surface area contributed by atoms with Gasteiger partial charge in [0.05, 0.1) is 22.7 Å². The van der Waals surface area contributed by atoms with E-state index in [4.69, 9.17) is 16.3 Å². The van der Waals surface area contributed by atoms with Crippen LogP contribution in [0.5, 0.6) is 0 Å². The first kappa shape index (κ1) is 14.9. The molecule has 1 aromatic heterocycles. The van der Waals surface area contributed by atoms with E-state index in [0.29, 0.717) is 18.8 Å². The minimum absolute atomic E-state index is 0.0854. The van der Waals surface area contributed by atoms with Crippen molar-refractivity contribution in [3.8, 4) is 0 Å². The van der Waals surface area contributed by atoms with Gasteiger partial charge in [-0.1, -0.05) is 11.6 Å². The molecule has 1 fully saturated rings. The van der Waals surface area contributed by atoms with E-state index in [-0.39, 0.29) is 28.6 Å². The summed E-state index contributed by atoms with van der Waals surface area (Å²) < 4.78 is 18.5. The van der Waals surface area contributed by atoms with Crippen LogP contribution < -0.4 is 0 Å². The van der Waals surface area contributed by atoms with E-state index >= 15 is 0 Å². The summed E-state index contributed by atoms with van der Waals surface area (Å²) in [5.41, 5.74) is 0.254. The van der Waals surface area contributed by atoms with Crippen molar-refractivity contribution in [3.05, 3.63) is 46.8 Å². The molecule has 6 nitrogen and oxygen atoms in total. The van der Waals surface area contributed by atoms with Crippen LogP contribution in [0.4, 0.5) is 4.39 Å². The highest BCUT2D eigenvalue weighted by Crippen LogP contribution is 2.33. The lowest BCUT2D eigenvalue weighted by Crippen LogP contribution is -2.32. The van der Waals surface area contributed by atoms with Crippen LogP contribution in [-0.4, -0.2) is 45.7 Å². The highest BCUT2D eigenvalue weighted by atomic mass is 35.5. The maximum atomic E-state index is 13.2. The van der Waals surface area contributed by atoms with Crippen LogP contribution in [0, 0.1) is 5.82 Å². The Bertz CT molecular complexity index is 679. The lowest BCUT2D eigenvalue weighted by atomic mass is 10.1. The van der Waals surface area contributed by atoms with Gasteiger partial charge in [-0.2, -0.15) is 5.10 Å². The van der Waals surface area contributed by atoms with Crippen LogP contribution in [0.15, 0.2) is 24.5 Å². The van der Waals surface area contributed by atoms with Gasteiger partial charge in [-0.3, -0.25) is 9.89 Å². The molecule has 0 unspecified atom stereocenters. The molecular formula is C14H14ClFN4O2. The molecule has 116 valence electrons. The van der Waals surface area contributed by atoms with Crippen molar-refractivity contribution in [2.45, 2.75) is 18.6 Å². The number of methoxy groups -OCH3 is 1. The van der Waals surface area contributed by atoms with Gasteiger partial charge in [-0.25, -0.2) is 9.37 Å². The summed E-state index contributed by atoms with van der Waals surface area (Å²) in [4.78, 5) is 18.5. The van der Waals surface area contributed by atoms with E-state index in [1.54, 1.807) is 12.0 Å². The van der Waals surface area contributed by atoms with E-state index in [2.05, 4.69) is 15.2 Å². The molecule has 1 aliphatic heterocycles. The molecule has 1 aromatic carbocycles. The number of hydrogen-bond acceptors (Lipinski definition) is 4. The molecule has 22 heavy (non-hydrogen) atoms. The van der Waals surface area contributed by atoms with Crippen LogP contribution in [0.3, 0.4) is 0 Å². The quantitative estimate of drug-likeness (QED) is 0.939. The van der Waals surface area contributed by atoms with Gasteiger partial charge >= 0.3 is 0 Å². The highest BCUT2D eigenvalue weighted by Gasteiger charge is 2.38. The highest BCUT2D eigenvalue weighted by molar-refractivity contribution is 6.33. The molecule has 1 aliphatic rings. The predicted molar refractivity (Wildman–Crippen MR) is 77.0 cm³/mol. The Morgan fingerprint density at radius 2 is 2.36 bits per heavy atom. The summed E-state index contributed by atoms with van der Waals surface area (Å²) >= 11 is 5.99. The summed E-state index contributed by atoms with van der Waals surface area (Å²) in [5.74, 6) is -0.179. The molecule has 3 rings (SSSR count). The third kappa shape index (κ3) is 2.69. The van der Waals surface area contributed by atoms with Gasteiger partial charge in [-0.05, 0) is 18.2 Å². The number of amides is 1. The normalized spacial score (nSPS) is 21.3. The van der Waals surface area contributed by atoms with E-state index in [9.17, 15) is 9.18 Å². The molecule has 2 atom stereocenters. The average Bonchev–Trinajstić information content (AvgIpc) is 3.15. The SMILES string of the molecule is CO[C@@H]1C[C@@H](c2ncn[nH]2)N(C(=O)c2ccc(F)cc2Cl)C1. The maximum absolute atomic E-state index is 13.2. The van der Waals surface area contributed by atoms with Gasteiger partial charge in [0.15, 0.2) is 0 Å². The van der Waals surface area contributed by atoms with Crippen molar-refractivity contribution in [1.29, 1.82) is 0 Å². The number of rotatable bonds is 3. The van der Waals surface area contributed by atoms with Gasteiger partial charge in [0.2, 0.25) is 0 Å². The van der Waals surface area contributed by atoms with Crippen molar-refractivity contribution in [2.24, 2.45) is 0 Å². The smallest absolute Gasteiger partial charge is 0.256 e. The number of nitrogens with zero attached hydrogens (tertiary/aromatic N) is 3. The molecular weight excluding hydrogens is 311 g/mol. The fourth-order valence-corrected chi connectivity index (χ4v) is 2.89. The molecule has 8 heteroatoms. The van der Waals surface area contributed by atoms with Gasteiger partial charge in [-0.15, -0.1) is 0 Å². The van der Waals surface area contributed by atoms with Crippen molar-refractivity contribution in [2.75, 3.05) is 13.7 Å². The summed E-state index contributed by atoms with van der Waals surface area (Å²) in [7, 11) is 1.60. The number of aromatic nitrogens is 3. The largest absolute Gasteiger partial charge is 0.380 e. The zero-order valence-electron chi connectivity index (χ0n) is 11.8. The van der Waals surface area contributed by atoms with Crippen LogP contribution in [0.1, 0.15) is 28.6 Å². The second-order valence-electron chi connectivity index (χ2n) is 5.06. The number of aromatic amines is 1. The molecule has 0 aliphatic carbocycles. The number of carbonyl (C=O) groups excluding carboxylic acids is 1. The number of halogens is 2. The van der Waals surface area contributed by atoms with E-state index in [1.807, 2.05) is 0 Å². The number of H-pyrrole nitrogens is 1. The fraction of sp³-hybridized carbons (Fsp3) is 0.357. The zero-order chi connectivity index (χ0) is 15.7. The molecule has 2 aromatic rings. The lowest BCUT2D eigenvalue weighted by molar-refractivity contribution is 0.0684. The standard InChI is InChI=1S/C14H14ClFN4O2/c1-22-9-5-12(13-17-7-18-19-13)20(6-9)14(21)10-3-2-8(16)4-11(10)15/h2-4,7,9,12H,5-6H2,1H3,(H,17,18,19)/t9-,12+/m1/s1. The molecule has 0 saturated carbocycles. The number of benzene rings is 1. The van der Waals surface area contributed by atoms with Gasteiger partial charge in [0, 0.05) is 20.1 Å². The van der Waals surface area contributed by atoms with E-state index < -0.39 is 5.82 Å². The molecule has 1 saturated heterocycles. The molecule has 0 spiro atoms. The number of hydrogen-bond donors (Lipinski definition) is 1. The van der Waals surface area contributed by atoms with Gasteiger partial charge < -0.3 is 9.64 Å². The Labute approximate surface area is 131 Å². The molecule has 0 bridgehead atoms.